The Morgan fingerprint density at radius 3 is 2.06 bits per heavy atom. The number of nitrogens with zero attached hydrogens (tertiary/aromatic N) is 3. The lowest BCUT2D eigenvalue weighted by atomic mass is 10.1. The van der Waals surface area contributed by atoms with Crippen molar-refractivity contribution in [3.8, 4) is 0 Å². The zero-order valence-corrected chi connectivity index (χ0v) is 21.5. The van der Waals surface area contributed by atoms with Crippen LogP contribution in [0.5, 0.6) is 0 Å². The van der Waals surface area contributed by atoms with Gasteiger partial charge in [0.25, 0.3) is 0 Å². The molecule has 0 spiro atoms. The summed E-state index contributed by atoms with van der Waals surface area (Å²) in [6.45, 7) is 12.8. The molecule has 0 amide bonds. The van der Waals surface area contributed by atoms with Gasteiger partial charge in [0.15, 0.2) is 8.32 Å². The molecule has 0 unspecified atom stereocenters. The first-order valence-corrected chi connectivity index (χ1v) is 14.6. The zero-order valence-electron chi connectivity index (χ0n) is 20.5. The van der Waals surface area contributed by atoms with Gasteiger partial charge in [0.2, 0.25) is 0 Å². The van der Waals surface area contributed by atoms with Gasteiger partial charge in [0, 0.05) is 10.8 Å². The van der Waals surface area contributed by atoms with Crippen molar-refractivity contribution in [2.45, 2.75) is 76.8 Å². The normalized spacial score (nSPS) is 23.3. The predicted octanol–water partition coefficient (Wildman–Crippen LogP) is 6.88. The van der Waals surface area contributed by atoms with E-state index in [-0.39, 0.29) is 29.2 Å². The molecule has 1 fully saturated rings. The van der Waals surface area contributed by atoms with E-state index in [1.54, 1.807) is 0 Å². The molecular weight excluding hydrogens is 430 g/mol. The van der Waals surface area contributed by atoms with Crippen LogP contribution in [0.15, 0.2) is 65.8 Å². The summed E-state index contributed by atoms with van der Waals surface area (Å²) in [5, 5.41) is 4.17. The molecule has 2 aromatic rings. The summed E-state index contributed by atoms with van der Waals surface area (Å²) in [5.74, 6) is 0.0964. The molecule has 0 radical (unpaired) electrons. The number of rotatable bonds is 10. The quantitative estimate of drug-likeness (QED) is 0.165. The molecule has 1 saturated carbocycles. The van der Waals surface area contributed by atoms with E-state index in [4.69, 9.17) is 13.9 Å². The van der Waals surface area contributed by atoms with Crippen LogP contribution in [0.3, 0.4) is 0 Å². The van der Waals surface area contributed by atoms with Gasteiger partial charge >= 0.3 is 0 Å². The second-order valence-electron chi connectivity index (χ2n) is 10.4. The molecule has 7 heteroatoms. The molecule has 1 aliphatic carbocycles. The van der Waals surface area contributed by atoms with Crippen LogP contribution in [0.2, 0.25) is 18.1 Å². The van der Waals surface area contributed by atoms with Crippen molar-refractivity contribution in [2.75, 3.05) is 6.61 Å². The molecule has 2 aromatic carbocycles. The van der Waals surface area contributed by atoms with Crippen molar-refractivity contribution in [1.29, 1.82) is 0 Å². The molecule has 0 heterocycles. The SMILES string of the molecule is CC(C)(C)[Si](C)(C)O[C@H]1[C@@H](COCc2ccccc2)C[C@@H](N=[N+]=[N-])[C@@H]1OCc1ccccc1. The Morgan fingerprint density at radius 2 is 1.52 bits per heavy atom. The van der Waals surface area contributed by atoms with E-state index in [9.17, 15) is 5.53 Å². The van der Waals surface area contributed by atoms with Crippen LogP contribution in [0.1, 0.15) is 38.3 Å². The highest BCUT2D eigenvalue weighted by molar-refractivity contribution is 6.74. The molecule has 178 valence electrons. The second kappa shape index (κ2) is 11.3. The summed E-state index contributed by atoms with van der Waals surface area (Å²) >= 11 is 0. The van der Waals surface area contributed by atoms with E-state index in [0.29, 0.717) is 26.2 Å². The van der Waals surface area contributed by atoms with Crippen LogP contribution in [0.4, 0.5) is 0 Å². The minimum absolute atomic E-state index is 0.0585. The van der Waals surface area contributed by atoms with Crippen LogP contribution >= 0.6 is 0 Å². The molecule has 0 aromatic heterocycles. The Hall–Kier alpha value is -2.15. The smallest absolute Gasteiger partial charge is 0.192 e. The second-order valence-corrected chi connectivity index (χ2v) is 15.1. The molecular formula is C26H37N3O3Si. The summed E-state index contributed by atoms with van der Waals surface area (Å²) in [6.07, 6.45) is 0.207. The van der Waals surface area contributed by atoms with Crippen molar-refractivity contribution in [2.24, 2.45) is 11.0 Å². The lowest BCUT2D eigenvalue weighted by Crippen LogP contribution is -2.49. The lowest BCUT2D eigenvalue weighted by Gasteiger charge is -2.41. The van der Waals surface area contributed by atoms with Crippen molar-refractivity contribution in [3.63, 3.8) is 0 Å². The number of benzene rings is 2. The standard InChI is InChI=1S/C26H37N3O3Si/c1-26(2,3)33(4,5)32-24-22(19-30-17-20-12-8-6-9-13-20)16-23(28-29-27)25(24)31-18-21-14-10-7-11-15-21/h6-15,22-25H,16-19H2,1-5H3/t22-,23-,24+,25+/m1/s1. The zero-order chi connectivity index (χ0) is 23.9. The molecule has 6 nitrogen and oxygen atoms in total. The van der Waals surface area contributed by atoms with E-state index < -0.39 is 8.32 Å². The van der Waals surface area contributed by atoms with Crippen molar-refractivity contribution >= 4 is 8.32 Å². The number of hydrogen-bond acceptors (Lipinski definition) is 4. The van der Waals surface area contributed by atoms with Crippen molar-refractivity contribution in [1.82, 2.24) is 0 Å². The van der Waals surface area contributed by atoms with Gasteiger partial charge in [-0.15, -0.1) is 0 Å². The van der Waals surface area contributed by atoms with Crippen LogP contribution in [0.25, 0.3) is 10.4 Å². The highest BCUT2D eigenvalue weighted by Crippen LogP contribution is 2.42. The number of azide groups is 1. The maximum atomic E-state index is 9.23. The highest BCUT2D eigenvalue weighted by atomic mass is 28.4. The van der Waals surface area contributed by atoms with E-state index in [0.717, 1.165) is 11.1 Å². The van der Waals surface area contributed by atoms with Gasteiger partial charge in [-0.1, -0.05) is 86.5 Å². The third-order valence-electron chi connectivity index (χ3n) is 6.88. The van der Waals surface area contributed by atoms with Crippen molar-refractivity contribution < 1.29 is 13.9 Å². The average molecular weight is 468 g/mol. The van der Waals surface area contributed by atoms with Gasteiger partial charge in [0.05, 0.1) is 38.1 Å². The number of hydrogen-bond donors (Lipinski definition) is 0. The van der Waals surface area contributed by atoms with E-state index in [2.05, 4.69) is 56.0 Å². The predicted molar refractivity (Wildman–Crippen MR) is 134 cm³/mol. The Kier molecular flexibility index (Phi) is 8.73. The Labute approximate surface area is 199 Å². The molecule has 4 atom stereocenters. The Morgan fingerprint density at radius 1 is 0.939 bits per heavy atom. The molecule has 0 N–H and O–H groups in total. The third-order valence-corrected chi connectivity index (χ3v) is 11.4. The first-order valence-electron chi connectivity index (χ1n) is 11.7. The molecule has 1 aliphatic rings. The van der Waals surface area contributed by atoms with Gasteiger partial charge < -0.3 is 13.9 Å². The summed E-state index contributed by atoms with van der Waals surface area (Å²) in [4.78, 5) is 3.12. The number of ether oxygens (including phenoxy) is 2. The van der Waals surface area contributed by atoms with Crippen LogP contribution in [0, 0.1) is 5.92 Å². The fourth-order valence-corrected chi connectivity index (χ4v) is 5.32. The van der Waals surface area contributed by atoms with Crippen LogP contribution < -0.4 is 0 Å². The van der Waals surface area contributed by atoms with E-state index >= 15 is 0 Å². The van der Waals surface area contributed by atoms with Gasteiger partial charge in [-0.05, 0) is 41.2 Å². The average Bonchev–Trinajstić information content (AvgIpc) is 3.08. The minimum Gasteiger partial charge on any atom is -0.411 e. The first-order chi connectivity index (χ1) is 15.7. The lowest BCUT2D eigenvalue weighted by molar-refractivity contribution is -0.0515. The molecule has 33 heavy (non-hydrogen) atoms. The fourth-order valence-electron chi connectivity index (χ4n) is 3.96. The topological polar surface area (TPSA) is 76.5 Å². The first kappa shape index (κ1) is 25.5. The maximum Gasteiger partial charge on any atom is 0.192 e. The van der Waals surface area contributed by atoms with Gasteiger partial charge in [-0.25, -0.2) is 0 Å². The third kappa shape index (κ3) is 6.92. The summed E-state index contributed by atoms with van der Waals surface area (Å²) < 4.78 is 19.4. The minimum atomic E-state index is -2.09. The molecule has 0 bridgehead atoms. The monoisotopic (exact) mass is 467 g/mol. The van der Waals surface area contributed by atoms with E-state index in [1.807, 2.05) is 48.5 Å². The van der Waals surface area contributed by atoms with E-state index in [1.165, 1.54) is 0 Å². The summed E-state index contributed by atoms with van der Waals surface area (Å²) in [6, 6.07) is 20.0. The van der Waals surface area contributed by atoms with Gasteiger partial charge in [-0.2, -0.15) is 0 Å². The fraction of sp³-hybridized carbons (Fsp3) is 0.538. The summed E-state index contributed by atoms with van der Waals surface area (Å²) in [5.41, 5.74) is 11.5. The molecule has 0 saturated heterocycles. The molecule has 3 rings (SSSR count). The Balaban J connectivity index is 1.78. The highest BCUT2D eigenvalue weighted by Gasteiger charge is 2.49. The van der Waals surface area contributed by atoms with Crippen LogP contribution in [-0.2, 0) is 27.1 Å². The van der Waals surface area contributed by atoms with Gasteiger partial charge in [-0.3, -0.25) is 0 Å². The van der Waals surface area contributed by atoms with Crippen LogP contribution in [-0.4, -0.2) is 33.2 Å². The maximum absolute atomic E-state index is 9.23. The van der Waals surface area contributed by atoms with Gasteiger partial charge in [0.1, 0.15) is 0 Å². The molecule has 0 aliphatic heterocycles. The largest absolute Gasteiger partial charge is 0.411 e. The van der Waals surface area contributed by atoms with Crippen molar-refractivity contribution in [3.05, 3.63) is 82.2 Å². The summed E-state index contributed by atoms with van der Waals surface area (Å²) in [7, 11) is -2.09. The Bertz CT molecular complexity index is 911.